The maximum Gasteiger partial charge on any atom is 0.420 e. The number of amides is 1. The summed E-state index contributed by atoms with van der Waals surface area (Å²) in [6.45, 7) is 8.14. The first-order valence-corrected chi connectivity index (χ1v) is 12.0. The summed E-state index contributed by atoms with van der Waals surface area (Å²) < 4.78 is 34.6. The van der Waals surface area contributed by atoms with Crippen LogP contribution in [0.5, 0.6) is 0 Å². The zero-order valence-corrected chi connectivity index (χ0v) is 19.5. The first-order valence-electron chi connectivity index (χ1n) is 10.6. The number of benzene rings is 2. The van der Waals surface area contributed by atoms with Crippen LogP contribution in [-0.2, 0) is 14.8 Å². The van der Waals surface area contributed by atoms with Gasteiger partial charge in [-0.25, -0.2) is 13.2 Å². The number of piperazine rings is 1. The van der Waals surface area contributed by atoms with Gasteiger partial charge in [-0.2, -0.15) is 4.31 Å². The van der Waals surface area contributed by atoms with Gasteiger partial charge in [-0.3, -0.25) is 9.36 Å². The molecular weight excluding hydrogens is 430 g/mol. The van der Waals surface area contributed by atoms with Crippen molar-refractivity contribution in [2.24, 2.45) is 0 Å². The van der Waals surface area contributed by atoms with Gasteiger partial charge in [0.25, 0.3) is 0 Å². The molecule has 1 atom stereocenters. The fourth-order valence-corrected chi connectivity index (χ4v) is 6.41. The highest BCUT2D eigenvalue weighted by Gasteiger charge is 2.34. The van der Waals surface area contributed by atoms with Crippen LogP contribution in [0.4, 0.5) is 0 Å². The zero-order chi connectivity index (χ0) is 23.2. The monoisotopic (exact) mass is 457 g/mol. The summed E-state index contributed by atoms with van der Waals surface area (Å²) in [5.74, 6) is -0.822. The topological polar surface area (TPSA) is 92.8 Å². The third kappa shape index (κ3) is 3.75. The Morgan fingerprint density at radius 3 is 2.22 bits per heavy atom. The van der Waals surface area contributed by atoms with Gasteiger partial charge in [0.2, 0.25) is 15.9 Å². The van der Waals surface area contributed by atoms with Gasteiger partial charge in [-0.15, -0.1) is 0 Å². The molecule has 8 nitrogen and oxygen atoms in total. The van der Waals surface area contributed by atoms with Crippen molar-refractivity contribution in [3.8, 4) is 0 Å². The lowest BCUT2D eigenvalue weighted by Crippen LogP contribution is -2.52. The van der Waals surface area contributed by atoms with E-state index in [2.05, 4.69) is 0 Å². The number of carbonyl (C=O) groups excluding carboxylic acids is 1. The molecule has 0 radical (unpaired) electrons. The number of hydrogen-bond acceptors (Lipinski definition) is 5. The Morgan fingerprint density at radius 1 is 1.00 bits per heavy atom. The first-order chi connectivity index (χ1) is 15.1. The van der Waals surface area contributed by atoms with E-state index in [4.69, 9.17) is 4.42 Å². The van der Waals surface area contributed by atoms with Crippen molar-refractivity contribution in [1.29, 1.82) is 0 Å². The van der Waals surface area contributed by atoms with Crippen LogP contribution < -0.4 is 5.76 Å². The predicted molar refractivity (Wildman–Crippen MR) is 121 cm³/mol. The van der Waals surface area contributed by atoms with E-state index in [1.54, 1.807) is 49.9 Å². The molecule has 1 aliphatic rings. The molecule has 2 heterocycles. The number of rotatable bonds is 4. The summed E-state index contributed by atoms with van der Waals surface area (Å²) in [5, 5.41) is 0. The number of aryl methyl sites for hydroxylation is 3. The highest BCUT2D eigenvalue weighted by molar-refractivity contribution is 7.89. The summed E-state index contributed by atoms with van der Waals surface area (Å²) in [4.78, 5) is 27.4. The lowest BCUT2D eigenvalue weighted by molar-refractivity contribution is -0.135. The SMILES string of the molecule is Cc1cc(C)c(S(=O)(=O)N2CCN(C(=O)[C@@H](C)n3c(=O)oc4ccccc43)CC2)c(C)c1. The molecule has 0 spiro atoms. The molecule has 32 heavy (non-hydrogen) atoms. The second kappa shape index (κ2) is 8.22. The highest BCUT2D eigenvalue weighted by Crippen LogP contribution is 2.26. The van der Waals surface area contributed by atoms with Gasteiger partial charge in [0, 0.05) is 26.2 Å². The second-order valence-corrected chi connectivity index (χ2v) is 10.2. The van der Waals surface area contributed by atoms with Gasteiger partial charge in [0.15, 0.2) is 5.58 Å². The van der Waals surface area contributed by atoms with E-state index in [9.17, 15) is 18.0 Å². The molecule has 0 bridgehead atoms. The van der Waals surface area contributed by atoms with Crippen LogP contribution >= 0.6 is 0 Å². The van der Waals surface area contributed by atoms with E-state index in [1.165, 1.54) is 8.87 Å². The number of para-hydroxylation sites is 2. The average molecular weight is 458 g/mol. The minimum Gasteiger partial charge on any atom is -0.408 e. The minimum absolute atomic E-state index is 0.203. The molecule has 0 unspecified atom stereocenters. The molecule has 1 amide bonds. The Labute approximate surface area is 187 Å². The molecule has 170 valence electrons. The Morgan fingerprint density at radius 2 is 1.59 bits per heavy atom. The quantitative estimate of drug-likeness (QED) is 0.600. The number of carbonyl (C=O) groups is 1. The molecule has 1 saturated heterocycles. The third-order valence-electron chi connectivity index (χ3n) is 6.02. The number of oxazole rings is 1. The summed E-state index contributed by atoms with van der Waals surface area (Å²) in [7, 11) is -3.66. The lowest BCUT2D eigenvalue weighted by Gasteiger charge is -2.35. The first kappa shape index (κ1) is 22.3. The summed E-state index contributed by atoms with van der Waals surface area (Å²) >= 11 is 0. The molecule has 0 N–H and O–H groups in total. The zero-order valence-electron chi connectivity index (χ0n) is 18.7. The van der Waals surface area contributed by atoms with Gasteiger partial charge in [-0.05, 0) is 51.0 Å². The number of fused-ring (bicyclic) bond motifs is 1. The van der Waals surface area contributed by atoms with E-state index < -0.39 is 21.8 Å². The number of aromatic nitrogens is 1. The minimum atomic E-state index is -3.66. The van der Waals surface area contributed by atoms with Crippen LogP contribution in [0.15, 0.2) is 50.5 Å². The maximum absolute atomic E-state index is 13.3. The van der Waals surface area contributed by atoms with Crippen LogP contribution in [0, 0.1) is 20.8 Å². The van der Waals surface area contributed by atoms with E-state index in [0.717, 1.165) is 16.7 Å². The summed E-state index contributed by atoms with van der Waals surface area (Å²) in [6, 6.07) is 9.95. The fourth-order valence-electron chi connectivity index (χ4n) is 4.58. The fraction of sp³-hybridized carbons (Fsp3) is 0.391. The van der Waals surface area contributed by atoms with Gasteiger partial charge in [0.1, 0.15) is 6.04 Å². The van der Waals surface area contributed by atoms with E-state index in [1.807, 2.05) is 19.1 Å². The van der Waals surface area contributed by atoms with Crippen molar-refractivity contribution in [3.63, 3.8) is 0 Å². The van der Waals surface area contributed by atoms with Gasteiger partial charge in [0.05, 0.1) is 10.4 Å². The Hall–Kier alpha value is -2.91. The number of sulfonamides is 1. The van der Waals surface area contributed by atoms with Crippen molar-refractivity contribution in [3.05, 3.63) is 63.6 Å². The van der Waals surface area contributed by atoms with Gasteiger partial charge >= 0.3 is 5.76 Å². The normalized spacial score (nSPS) is 16.4. The largest absolute Gasteiger partial charge is 0.420 e. The van der Waals surface area contributed by atoms with Crippen LogP contribution in [0.3, 0.4) is 0 Å². The standard InChI is InChI=1S/C23H27N3O5S/c1-15-13-16(2)21(17(3)14-15)32(29,30)25-11-9-24(10-12-25)22(27)18(4)26-19-7-5-6-8-20(19)31-23(26)28/h5-8,13-14,18H,9-12H2,1-4H3/t18-/m1/s1. The van der Waals surface area contributed by atoms with E-state index >= 15 is 0 Å². The lowest BCUT2D eigenvalue weighted by atomic mass is 10.1. The molecule has 9 heteroatoms. The van der Waals surface area contributed by atoms with Crippen molar-refractivity contribution in [1.82, 2.24) is 13.8 Å². The Kier molecular flexibility index (Phi) is 5.72. The molecule has 3 aromatic rings. The average Bonchev–Trinajstić information content (AvgIpc) is 3.07. The number of nitrogens with zero attached hydrogens (tertiary/aromatic N) is 3. The molecule has 1 aliphatic heterocycles. The van der Waals surface area contributed by atoms with Crippen LogP contribution in [0.25, 0.3) is 11.1 Å². The van der Waals surface area contributed by atoms with E-state index in [-0.39, 0.29) is 32.1 Å². The maximum atomic E-state index is 13.3. The van der Waals surface area contributed by atoms with Crippen LogP contribution in [-0.4, -0.2) is 54.3 Å². The molecule has 1 fully saturated rings. The summed E-state index contributed by atoms with van der Waals surface area (Å²) in [5.41, 5.74) is 3.45. The van der Waals surface area contributed by atoms with Crippen LogP contribution in [0.1, 0.15) is 29.7 Å². The molecular formula is C23H27N3O5S. The van der Waals surface area contributed by atoms with Gasteiger partial charge in [-0.1, -0.05) is 29.8 Å². The van der Waals surface area contributed by atoms with Crippen LogP contribution in [0.2, 0.25) is 0 Å². The van der Waals surface area contributed by atoms with Crippen molar-refractivity contribution in [2.45, 2.75) is 38.6 Å². The Balaban J connectivity index is 1.52. The molecule has 0 saturated carbocycles. The van der Waals surface area contributed by atoms with Gasteiger partial charge < -0.3 is 9.32 Å². The molecule has 1 aromatic heterocycles. The van der Waals surface area contributed by atoms with Crippen molar-refractivity contribution >= 4 is 27.0 Å². The highest BCUT2D eigenvalue weighted by atomic mass is 32.2. The second-order valence-electron chi connectivity index (χ2n) is 8.34. The molecule has 2 aromatic carbocycles. The Bertz CT molecular complexity index is 1320. The van der Waals surface area contributed by atoms with Crippen molar-refractivity contribution < 1.29 is 17.6 Å². The molecule has 0 aliphatic carbocycles. The third-order valence-corrected chi connectivity index (χ3v) is 8.22. The summed E-state index contributed by atoms with van der Waals surface area (Å²) in [6.07, 6.45) is 0. The van der Waals surface area contributed by atoms with E-state index in [0.29, 0.717) is 16.0 Å². The predicted octanol–water partition coefficient (Wildman–Crippen LogP) is 2.61. The van der Waals surface area contributed by atoms with Crippen molar-refractivity contribution in [2.75, 3.05) is 26.2 Å². The smallest absolute Gasteiger partial charge is 0.408 e. The molecule has 4 rings (SSSR count). The number of hydrogen-bond donors (Lipinski definition) is 0.